The molecule has 3 rings (SSSR count). The zero-order valence-electron chi connectivity index (χ0n) is 13.7. The van der Waals surface area contributed by atoms with Gasteiger partial charge in [-0.05, 0) is 18.4 Å². The molecule has 0 bridgehead atoms. The maximum atomic E-state index is 12.6. The Balaban J connectivity index is 1.57. The fraction of sp³-hybridized carbons (Fsp3) is 0.579. The van der Waals surface area contributed by atoms with Gasteiger partial charge in [0.05, 0.1) is 6.07 Å². The number of rotatable bonds is 3. The molecule has 1 aromatic rings. The predicted molar refractivity (Wildman–Crippen MR) is 89.5 cm³/mol. The first-order valence-corrected chi connectivity index (χ1v) is 8.77. The second-order valence-electron chi connectivity index (χ2n) is 6.64. The fourth-order valence-corrected chi connectivity index (χ4v) is 3.81. The number of hydrogen-bond acceptors (Lipinski definition) is 3. The van der Waals surface area contributed by atoms with Gasteiger partial charge in [0.2, 0.25) is 5.91 Å². The lowest BCUT2D eigenvalue weighted by atomic mass is 9.88. The summed E-state index contributed by atoms with van der Waals surface area (Å²) in [6.07, 6.45) is 5.79. The van der Waals surface area contributed by atoms with Crippen molar-refractivity contribution in [1.82, 2.24) is 9.80 Å². The Bertz CT molecular complexity index is 552. The number of nitrogens with zero attached hydrogens (tertiary/aromatic N) is 3. The van der Waals surface area contributed by atoms with Gasteiger partial charge in [0.1, 0.15) is 6.04 Å². The second-order valence-corrected chi connectivity index (χ2v) is 6.64. The van der Waals surface area contributed by atoms with Crippen molar-refractivity contribution in [3.63, 3.8) is 0 Å². The van der Waals surface area contributed by atoms with E-state index in [9.17, 15) is 10.1 Å². The van der Waals surface area contributed by atoms with Crippen LogP contribution < -0.4 is 0 Å². The zero-order chi connectivity index (χ0) is 16.1. The van der Waals surface area contributed by atoms with Crippen LogP contribution in [0.1, 0.15) is 43.7 Å². The second kappa shape index (κ2) is 7.61. The predicted octanol–water partition coefficient (Wildman–Crippen LogP) is 2.98. The Hall–Kier alpha value is -1.86. The summed E-state index contributed by atoms with van der Waals surface area (Å²) in [5.74, 6) is 0.591. The van der Waals surface area contributed by atoms with E-state index < -0.39 is 0 Å². The van der Waals surface area contributed by atoms with Crippen LogP contribution in [0.2, 0.25) is 0 Å². The van der Waals surface area contributed by atoms with Gasteiger partial charge >= 0.3 is 0 Å². The third kappa shape index (κ3) is 3.73. The molecule has 1 saturated carbocycles. The van der Waals surface area contributed by atoms with Crippen molar-refractivity contribution in [2.24, 2.45) is 5.92 Å². The lowest BCUT2D eigenvalue weighted by Gasteiger charge is -2.38. The average molecular weight is 311 g/mol. The van der Waals surface area contributed by atoms with Crippen LogP contribution in [0.15, 0.2) is 30.3 Å². The maximum absolute atomic E-state index is 12.6. The van der Waals surface area contributed by atoms with E-state index in [0.717, 1.165) is 44.6 Å². The number of benzene rings is 1. The van der Waals surface area contributed by atoms with Crippen LogP contribution in [0.5, 0.6) is 0 Å². The fourth-order valence-electron chi connectivity index (χ4n) is 3.81. The topological polar surface area (TPSA) is 47.3 Å². The Morgan fingerprint density at radius 1 is 1.04 bits per heavy atom. The summed E-state index contributed by atoms with van der Waals surface area (Å²) >= 11 is 0. The van der Waals surface area contributed by atoms with Crippen LogP contribution in [0.25, 0.3) is 0 Å². The first-order valence-electron chi connectivity index (χ1n) is 8.77. The molecule has 2 fully saturated rings. The highest BCUT2D eigenvalue weighted by atomic mass is 16.2. The van der Waals surface area contributed by atoms with Crippen molar-refractivity contribution in [2.75, 3.05) is 26.2 Å². The van der Waals surface area contributed by atoms with E-state index in [0.29, 0.717) is 5.91 Å². The van der Waals surface area contributed by atoms with Crippen LogP contribution in [0.4, 0.5) is 0 Å². The van der Waals surface area contributed by atoms with Gasteiger partial charge in [-0.15, -0.1) is 0 Å². The minimum absolute atomic E-state index is 0.205. The van der Waals surface area contributed by atoms with Gasteiger partial charge in [0, 0.05) is 32.1 Å². The summed E-state index contributed by atoms with van der Waals surface area (Å²) in [7, 11) is 0. The van der Waals surface area contributed by atoms with E-state index in [4.69, 9.17) is 0 Å². The van der Waals surface area contributed by atoms with Crippen molar-refractivity contribution < 1.29 is 4.79 Å². The molecule has 4 nitrogen and oxygen atoms in total. The highest BCUT2D eigenvalue weighted by Gasteiger charge is 2.30. The molecule has 0 spiro atoms. The van der Waals surface area contributed by atoms with E-state index in [-0.39, 0.29) is 12.0 Å². The molecule has 0 radical (unpaired) electrons. The number of amides is 1. The van der Waals surface area contributed by atoms with Gasteiger partial charge in [0.25, 0.3) is 0 Å². The quantitative estimate of drug-likeness (QED) is 0.862. The first-order chi connectivity index (χ1) is 11.3. The molecular formula is C19H25N3O. The van der Waals surface area contributed by atoms with Gasteiger partial charge in [-0.1, -0.05) is 49.6 Å². The molecule has 1 heterocycles. The molecule has 122 valence electrons. The summed E-state index contributed by atoms with van der Waals surface area (Å²) in [5.41, 5.74) is 1.04. The van der Waals surface area contributed by atoms with Crippen molar-refractivity contribution in [3.8, 4) is 6.07 Å². The molecule has 0 unspecified atom stereocenters. The SMILES string of the molecule is N#C[C@@H](c1ccccc1)N1CCN(C(=O)C2CCCCC2)CC1. The molecule has 1 saturated heterocycles. The highest BCUT2D eigenvalue weighted by molar-refractivity contribution is 5.79. The molecular weight excluding hydrogens is 286 g/mol. The van der Waals surface area contributed by atoms with E-state index in [2.05, 4.69) is 11.0 Å². The van der Waals surface area contributed by atoms with E-state index in [1.807, 2.05) is 35.2 Å². The Morgan fingerprint density at radius 2 is 1.70 bits per heavy atom. The van der Waals surface area contributed by atoms with Gasteiger partial charge in [-0.2, -0.15) is 5.26 Å². The monoisotopic (exact) mass is 311 g/mol. The molecule has 1 aliphatic carbocycles. The van der Waals surface area contributed by atoms with E-state index in [1.165, 1.54) is 19.3 Å². The maximum Gasteiger partial charge on any atom is 0.225 e. The molecule has 0 N–H and O–H groups in total. The smallest absolute Gasteiger partial charge is 0.225 e. The van der Waals surface area contributed by atoms with Gasteiger partial charge < -0.3 is 4.90 Å². The number of piperazine rings is 1. The Kier molecular flexibility index (Phi) is 5.30. The number of hydrogen-bond donors (Lipinski definition) is 0. The number of carbonyl (C=O) groups is 1. The first kappa shape index (κ1) is 16.0. The van der Waals surface area contributed by atoms with Crippen molar-refractivity contribution in [3.05, 3.63) is 35.9 Å². The lowest BCUT2D eigenvalue weighted by Crippen LogP contribution is -2.51. The summed E-state index contributed by atoms with van der Waals surface area (Å²) in [6.45, 7) is 3.07. The minimum atomic E-state index is -0.205. The molecule has 1 aliphatic heterocycles. The van der Waals surface area contributed by atoms with Crippen LogP contribution in [0.3, 0.4) is 0 Å². The third-order valence-electron chi connectivity index (χ3n) is 5.18. The lowest BCUT2D eigenvalue weighted by molar-refractivity contribution is -0.138. The van der Waals surface area contributed by atoms with Gasteiger partial charge in [-0.3, -0.25) is 9.69 Å². The standard InChI is InChI=1S/C19H25N3O/c20-15-18(16-7-3-1-4-8-16)21-11-13-22(14-12-21)19(23)17-9-5-2-6-10-17/h1,3-4,7-8,17-18H,2,5-6,9-14H2/t18-/m0/s1. The molecule has 1 atom stereocenters. The van der Waals surface area contributed by atoms with Crippen LogP contribution in [0, 0.1) is 17.2 Å². The zero-order valence-corrected chi connectivity index (χ0v) is 13.7. The van der Waals surface area contributed by atoms with Gasteiger partial charge in [0.15, 0.2) is 0 Å². The summed E-state index contributed by atoms with van der Waals surface area (Å²) in [5, 5.41) is 9.54. The molecule has 2 aliphatic rings. The van der Waals surface area contributed by atoms with E-state index >= 15 is 0 Å². The van der Waals surface area contributed by atoms with E-state index in [1.54, 1.807) is 0 Å². The van der Waals surface area contributed by atoms with Crippen LogP contribution in [-0.2, 0) is 4.79 Å². The summed E-state index contributed by atoms with van der Waals surface area (Å²) in [6, 6.07) is 12.1. The Morgan fingerprint density at radius 3 is 2.30 bits per heavy atom. The van der Waals surface area contributed by atoms with Crippen molar-refractivity contribution >= 4 is 5.91 Å². The molecule has 1 aromatic carbocycles. The third-order valence-corrected chi connectivity index (χ3v) is 5.18. The largest absolute Gasteiger partial charge is 0.340 e. The summed E-state index contributed by atoms with van der Waals surface area (Å²) < 4.78 is 0. The highest BCUT2D eigenvalue weighted by Crippen LogP contribution is 2.27. The molecule has 4 heteroatoms. The van der Waals surface area contributed by atoms with Crippen molar-refractivity contribution in [1.29, 1.82) is 5.26 Å². The molecule has 1 amide bonds. The summed E-state index contributed by atoms with van der Waals surface area (Å²) in [4.78, 5) is 16.8. The van der Waals surface area contributed by atoms with Crippen molar-refractivity contribution in [2.45, 2.75) is 38.1 Å². The van der Waals surface area contributed by atoms with Crippen LogP contribution in [-0.4, -0.2) is 41.9 Å². The number of carbonyl (C=O) groups excluding carboxylic acids is 1. The molecule has 23 heavy (non-hydrogen) atoms. The van der Waals surface area contributed by atoms with Gasteiger partial charge in [-0.25, -0.2) is 0 Å². The van der Waals surface area contributed by atoms with Crippen LogP contribution >= 0.6 is 0 Å². The minimum Gasteiger partial charge on any atom is -0.340 e. The normalized spacial score (nSPS) is 21.6. The average Bonchev–Trinajstić information content (AvgIpc) is 2.64. The Labute approximate surface area is 138 Å². The number of nitriles is 1. The molecule has 0 aromatic heterocycles.